The van der Waals surface area contributed by atoms with Crippen molar-refractivity contribution in [1.82, 2.24) is 0 Å². The van der Waals surface area contributed by atoms with Gasteiger partial charge in [0.1, 0.15) is 5.78 Å². The van der Waals surface area contributed by atoms with Gasteiger partial charge < -0.3 is 9.53 Å². The van der Waals surface area contributed by atoms with Crippen LogP contribution in [0.3, 0.4) is 0 Å². The van der Waals surface area contributed by atoms with Crippen LogP contribution in [-0.4, -0.2) is 18.0 Å². The fraction of sp³-hybridized carbons (Fsp3) is 0.929. The van der Waals surface area contributed by atoms with E-state index in [0.717, 1.165) is 31.8 Å². The minimum Gasteiger partial charge on any atom is -0.375 e. The molecular formula is C14H28O2. The first-order valence-corrected chi connectivity index (χ1v) is 6.57. The molecule has 0 unspecified atom stereocenters. The van der Waals surface area contributed by atoms with Gasteiger partial charge in [0, 0.05) is 13.0 Å². The molecule has 0 heterocycles. The minimum absolute atomic E-state index is 0.112. The van der Waals surface area contributed by atoms with Crippen LogP contribution in [0.1, 0.15) is 66.7 Å². The second kappa shape index (κ2) is 7.83. The third-order valence-corrected chi connectivity index (χ3v) is 3.51. The molecule has 0 aromatic heterocycles. The number of Topliss-reactive ketones (excluding diaryl/α,β-unsaturated/α-hetero) is 1. The SMILES string of the molecule is CC[C@H](C)CCO[C@@](C)(CC)CCC(C)=O. The van der Waals surface area contributed by atoms with Gasteiger partial charge in [0.15, 0.2) is 0 Å². The Labute approximate surface area is 101 Å². The maximum atomic E-state index is 11.0. The molecule has 0 rings (SSSR count). The molecule has 0 N–H and O–H groups in total. The summed E-state index contributed by atoms with van der Waals surface area (Å²) in [7, 11) is 0. The van der Waals surface area contributed by atoms with Gasteiger partial charge in [-0.3, -0.25) is 0 Å². The molecule has 0 aromatic carbocycles. The summed E-state index contributed by atoms with van der Waals surface area (Å²) in [5.41, 5.74) is -0.112. The smallest absolute Gasteiger partial charge is 0.129 e. The first-order chi connectivity index (χ1) is 7.43. The molecule has 96 valence electrons. The molecule has 0 amide bonds. The summed E-state index contributed by atoms with van der Waals surface area (Å²) in [5, 5.41) is 0. The van der Waals surface area contributed by atoms with Gasteiger partial charge in [0.2, 0.25) is 0 Å². The van der Waals surface area contributed by atoms with Gasteiger partial charge in [-0.2, -0.15) is 0 Å². The van der Waals surface area contributed by atoms with Gasteiger partial charge in [0.25, 0.3) is 0 Å². The first-order valence-electron chi connectivity index (χ1n) is 6.57. The zero-order chi connectivity index (χ0) is 12.6. The highest BCUT2D eigenvalue weighted by Gasteiger charge is 2.23. The van der Waals surface area contributed by atoms with Crippen molar-refractivity contribution in [1.29, 1.82) is 0 Å². The molecule has 0 saturated heterocycles. The average Bonchev–Trinajstić information content (AvgIpc) is 2.26. The Balaban J connectivity index is 3.91. The van der Waals surface area contributed by atoms with Crippen LogP contribution in [0.15, 0.2) is 0 Å². The average molecular weight is 228 g/mol. The van der Waals surface area contributed by atoms with Crippen LogP contribution in [0.4, 0.5) is 0 Å². The number of ketones is 1. The van der Waals surface area contributed by atoms with E-state index in [0.29, 0.717) is 6.42 Å². The van der Waals surface area contributed by atoms with E-state index in [-0.39, 0.29) is 11.4 Å². The summed E-state index contributed by atoms with van der Waals surface area (Å²) in [6, 6.07) is 0. The maximum Gasteiger partial charge on any atom is 0.129 e. The Morgan fingerprint density at radius 1 is 1.38 bits per heavy atom. The predicted molar refractivity (Wildman–Crippen MR) is 68.6 cm³/mol. The number of hydrogen-bond donors (Lipinski definition) is 0. The topological polar surface area (TPSA) is 26.3 Å². The third-order valence-electron chi connectivity index (χ3n) is 3.51. The molecule has 0 radical (unpaired) electrons. The van der Waals surface area contributed by atoms with Crippen molar-refractivity contribution in [2.24, 2.45) is 5.92 Å². The van der Waals surface area contributed by atoms with E-state index in [9.17, 15) is 4.79 Å². The van der Waals surface area contributed by atoms with E-state index in [2.05, 4.69) is 27.7 Å². The van der Waals surface area contributed by atoms with E-state index in [1.54, 1.807) is 6.92 Å². The molecule has 16 heavy (non-hydrogen) atoms. The summed E-state index contributed by atoms with van der Waals surface area (Å²) in [4.78, 5) is 11.0. The van der Waals surface area contributed by atoms with Gasteiger partial charge in [0.05, 0.1) is 5.60 Å². The second-order valence-corrected chi connectivity index (χ2v) is 5.16. The molecule has 0 spiro atoms. The minimum atomic E-state index is -0.112. The lowest BCUT2D eigenvalue weighted by Crippen LogP contribution is -2.29. The van der Waals surface area contributed by atoms with E-state index in [1.165, 1.54) is 6.42 Å². The van der Waals surface area contributed by atoms with Crippen molar-refractivity contribution in [2.75, 3.05) is 6.61 Å². The number of carbonyl (C=O) groups excluding carboxylic acids is 1. The molecule has 2 nitrogen and oxygen atoms in total. The number of ether oxygens (including phenoxy) is 1. The number of carbonyl (C=O) groups is 1. The van der Waals surface area contributed by atoms with E-state index < -0.39 is 0 Å². The van der Waals surface area contributed by atoms with E-state index in [4.69, 9.17) is 4.74 Å². The Hall–Kier alpha value is -0.370. The Morgan fingerprint density at radius 2 is 2.00 bits per heavy atom. The van der Waals surface area contributed by atoms with Gasteiger partial charge in [-0.15, -0.1) is 0 Å². The highest BCUT2D eigenvalue weighted by atomic mass is 16.5. The Morgan fingerprint density at radius 3 is 2.44 bits per heavy atom. The summed E-state index contributed by atoms with van der Waals surface area (Å²) < 4.78 is 5.95. The summed E-state index contributed by atoms with van der Waals surface area (Å²) in [5.74, 6) is 0.985. The summed E-state index contributed by atoms with van der Waals surface area (Å²) in [6.07, 6.45) is 4.78. The normalized spacial score (nSPS) is 16.8. The first kappa shape index (κ1) is 15.6. The fourth-order valence-corrected chi connectivity index (χ4v) is 1.50. The molecule has 0 aliphatic heterocycles. The third kappa shape index (κ3) is 7.00. The number of rotatable bonds is 9. The highest BCUT2D eigenvalue weighted by molar-refractivity contribution is 5.75. The van der Waals surface area contributed by atoms with Gasteiger partial charge in [-0.05, 0) is 39.0 Å². The molecule has 0 aliphatic rings. The zero-order valence-electron chi connectivity index (χ0n) is 11.6. The van der Waals surface area contributed by atoms with Gasteiger partial charge in [-0.1, -0.05) is 27.2 Å². The second-order valence-electron chi connectivity index (χ2n) is 5.16. The molecule has 2 atom stereocenters. The van der Waals surface area contributed by atoms with Crippen LogP contribution >= 0.6 is 0 Å². The number of hydrogen-bond acceptors (Lipinski definition) is 2. The van der Waals surface area contributed by atoms with Crippen LogP contribution < -0.4 is 0 Å². The van der Waals surface area contributed by atoms with E-state index in [1.807, 2.05) is 0 Å². The highest BCUT2D eigenvalue weighted by Crippen LogP contribution is 2.23. The largest absolute Gasteiger partial charge is 0.375 e. The Bertz CT molecular complexity index is 201. The van der Waals surface area contributed by atoms with Crippen LogP contribution in [0.25, 0.3) is 0 Å². The lowest BCUT2D eigenvalue weighted by Gasteiger charge is -2.29. The predicted octanol–water partition coefficient (Wildman–Crippen LogP) is 3.98. The molecular weight excluding hydrogens is 200 g/mol. The maximum absolute atomic E-state index is 11.0. The summed E-state index contributed by atoms with van der Waals surface area (Å²) >= 11 is 0. The van der Waals surface area contributed by atoms with Crippen molar-refractivity contribution < 1.29 is 9.53 Å². The van der Waals surface area contributed by atoms with Gasteiger partial charge >= 0.3 is 0 Å². The van der Waals surface area contributed by atoms with E-state index >= 15 is 0 Å². The quantitative estimate of drug-likeness (QED) is 0.596. The fourth-order valence-electron chi connectivity index (χ4n) is 1.50. The van der Waals surface area contributed by atoms with Crippen molar-refractivity contribution in [3.63, 3.8) is 0 Å². The van der Waals surface area contributed by atoms with Crippen LogP contribution in [-0.2, 0) is 9.53 Å². The van der Waals surface area contributed by atoms with Crippen LogP contribution in [0.5, 0.6) is 0 Å². The van der Waals surface area contributed by atoms with Crippen molar-refractivity contribution >= 4 is 5.78 Å². The molecule has 2 heteroatoms. The Kier molecular flexibility index (Phi) is 7.65. The van der Waals surface area contributed by atoms with Gasteiger partial charge in [-0.25, -0.2) is 0 Å². The summed E-state index contributed by atoms with van der Waals surface area (Å²) in [6.45, 7) is 11.2. The standard InChI is InChI=1S/C14H28O2/c1-6-12(3)9-11-16-14(5,7-2)10-8-13(4)15/h12H,6-11H2,1-5H3/t12-,14-/m0/s1. The molecule has 0 saturated carbocycles. The molecule has 0 aromatic rings. The van der Waals surface area contributed by atoms with Crippen molar-refractivity contribution in [3.8, 4) is 0 Å². The molecule has 0 bridgehead atoms. The monoisotopic (exact) mass is 228 g/mol. The van der Waals surface area contributed by atoms with Crippen molar-refractivity contribution in [2.45, 2.75) is 72.3 Å². The van der Waals surface area contributed by atoms with Crippen LogP contribution in [0, 0.1) is 5.92 Å². The van der Waals surface area contributed by atoms with Crippen LogP contribution in [0.2, 0.25) is 0 Å². The lowest BCUT2D eigenvalue weighted by atomic mass is 9.95. The zero-order valence-corrected chi connectivity index (χ0v) is 11.6. The molecule has 0 aliphatic carbocycles. The lowest BCUT2D eigenvalue weighted by molar-refractivity contribution is -0.119. The molecule has 0 fully saturated rings. The van der Waals surface area contributed by atoms with Crippen molar-refractivity contribution in [3.05, 3.63) is 0 Å².